The van der Waals surface area contributed by atoms with E-state index < -0.39 is 5.97 Å². The van der Waals surface area contributed by atoms with Crippen molar-refractivity contribution >= 4 is 22.8 Å². The number of carbonyl (C=O) groups is 2. The summed E-state index contributed by atoms with van der Waals surface area (Å²) in [7, 11) is 1.30. The molecule has 5 nitrogen and oxygen atoms in total. The number of amides is 1. The van der Waals surface area contributed by atoms with Gasteiger partial charge in [0.2, 0.25) is 5.91 Å². The second kappa shape index (κ2) is 6.93. The smallest absolute Gasteiger partial charge is 0.330 e. The molecule has 1 heterocycles. The molecule has 1 aromatic carbocycles. The number of hydrogen-bond donors (Lipinski definition) is 1. The fraction of sp³-hybridized carbons (Fsp3) is 0.294. The van der Waals surface area contributed by atoms with Gasteiger partial charge in [-0.05, 0) is 37.1 Å². The Kier molecular flexibility index (Phi) is 4.99. The largest absolute Gasteiger partial charge is 0.466 e. The number of nitrogens with one attached hydrogen (secondary N) is 1. The van der Waals surface area contributed by atoms with Gasteiger partial charge in [-0.1, -0.05) is 6.08 Å². The van der Waals surface area contributed by atoms with E-state index in [4.69, 9.17) is 4.42 Å². The number of fused-ring (bicyclic) bond motifs is 1. The number of methoxy groups -OCH3 is 1. The molecular weight excluding hydrogens is 282 g/mol. The zero-order valence-electron chi connectivity index (χ0n) is 12.9. The lowest BCUT2D eigenvalue weighted by atomic mass is 10.0. The summed E-state index contributed by atoms with van der Waals surface area (Å²) >= 11 is 0. The molecule has 0 aliphatic carbocycles. The van der Waals surface area contributed by atoms with Gasteiger partial charge in [0.25, 0.3) is 0 Å². The van der Waals surface area contributed by atoms with E-state index in [0.29, 0.717) is 0 Å². The summed E-state index contributed by atoms with van der Waals surface area (Å²) < 4.78 is 9.96. The van der Waals surface area contributed by atoms with E-state index in [2.05, 4.69) is 10.1 Å². The Bertz CT molecular complexity index is 728. The molecule has 5 heteroatoms. The summed E-state index contributed by atoms with van der Waals surface area (Å²) in [6.45, 7) is 4.34. The van der Waals surface area contributed by atoms with Gasteiger partial charge in [-0.25, -0.2) is 4.79 Å². The highest BCUT2D eigenvalue weighted by Gasteiger charge is 2.11. The molecule has 116 valence electrons. The number of rotatable bonds is 5. The van der Waals surface area contributed by atoms with Gasteiger partial charge in [0.1, 0.15) is 5.58 Å². The van der Waals surface area contributed by atoms with Gasteiger partial charge in [-0.2, -0.15) is 0 Å². The Morgan fingerprint density at radius 3 is 2.73 bits per heavy atom. The quantitative estimate of drug-likeness (QED) is 0.680. The molecule has 0 unspecified atom stereocenters. The predicted molar refractivity (Wildman–Crippen MR) is 83.6 cm³/mol. The van der Waals surface area contributed by atoms with Crippen molar-refractivity contribution in [1.29, 1.82) is 0 Å². The molecule has 0 radical (unpaired) electrons. The van der Waals surface area contributed by atoms with Crippen LogP contribution in [0.1, 0.15) is 16.7 Å². The lowest BCUT2D eigenvalue weighted by Gasteiger charge is -2.02. The van der Waals surface area contributed by atoms with Crippen molar-refractivity contribution in [3.63, 3.8) is 0 Å². The highest BCUT2D eigenvalue weighted by atomic mass is 16.5. The average Bonchev–Trinajstić information content (AvgIpc) is 2.86. The summed E-state index contributed by atoms with van der Waals surface area (Å²) in [5, 5.41) is 3.68. The Hall–Kier alpha value is -2.56. The van der Waals surface area contributed by atoms with Crippen molar-refractivity contribution in [2.75, 3.05) is 13.7 Å². The topological polar surface area (TPSA) is 68.5 Å². The van der Waals surface area contributed by atoms with Crippen LogP contribution in [0.2, 0.25) is 0 Å². The Labute approximate surface area is 128 Å². The van der Waals surface area contributed by atoms with Crippen LogP contribution in [0, 0.1) is 13.8 Å². The maximum Gasteiger partial charge on any atom is 0.330 e. The van der Waals surface area contributed by atoms with Gasteiger partial charge >= 0.3 is 5.97 Å². The zero-order valence-corrected chi connectivity index (χ0v) is 12.9. The van der Waals surface area contributed by atoms with Crippen LogP contribution in [-0.2, 0) is 20.7 Å². The molecule has 2 rings (SSSR count). The Balaban J connectivity index is 1.99. The molecule has 0 saturated carbocycles. The second-order valence-electron chi connectivity index (χ2n) is 5.10. The van der Waals surface area contributed by atoms with Gasteiger partial charge in [0.15, 0.2) is 0 Å². The van der Waals surface area contributed by atoms with Crippen LogP contribution in [0.15, 0.2) is 35.0 Å². The minimum Gasteiger partial charge on any atom is -0.466 e. The van der Waals surface area contributed by atoms with Crippen LogP contribution < -0.4 is 5.32 Å². The predicted octanol–water partition coefficient (Wildman–Crippen LogP) is 2.44. The van der Waals surface area contributed by atoms with Crippen molar-refractivity contribution in [2.24, 2.45) is 0 Å². The minimum atomic E-state index is -0.444. The van der Waals surface area contributed by atoms with Crippen molar-refractivity contribution < 1.29 is 18.7 Å². The van der Waals surface area contributed by atoms with Gasteiger partial charge in [0, 0.05) is 23.6 Å². The molecule has 0 bridgehead atoms. The number of benzene rings is 1. The Morgan fingerprint density at radius 1 is 1.27 bits per heavy atom. The van der Waals surface area contributed by atoms with E-state index in [0.717, 1.165) is 27.7 Å². The van der Waals surface area contributed by atoms with Crippen molar-refractivity contribution in [1.82, 2.24) is 5.32 Å². The average molecular weight is 301 g/mol. The number of hydrogen-bond acceptors (Lipinski definition) is 4. The lowest BCUT2D eigenvalue weighted by Crippen LogP contribution is -2.25. The fourth-order valence-electron chi connectivity index (χ4n) is 2.10. The summed E-state index contributed by atoms with van der Waals surface area (Å²) in [5.74, 6) is -0.573. The number of ether oxygens (including phenoxy) is 1. The minimum absolute atomic E-state index is 0.129. The molecule has 1 aromatic heterocycles. The molecule has 1 N–H and O–H groups in total. The molecule has 0 aliphatic rings. The molecule has 0 atom stereocenters. The van der Waals surface area contributed by atoms with Crippen LogP contribution in [0.25, 0.3) is 11.0 Å². The van der Waals surface area contributed by atoms with Crippen molar-refractivity contribution in [3.05, 3.63) is 47.2 Å². The highest BCUT2D eigenvalue weighted by molar-refractivity contribution is 5.88. The first-order valence-electron chi connectivity index (χ1n) is 6.99. The third kappa shape index (κ3) is 3.75. The van der Waals surface area contributed by atoms with Crippen molar-refractivity contribution in [2.45, 2.75) is 20.3 Å². The van der Waals surface area contributed by atoms with Crippen molar-refractivity contribution in [3.8, 4) is 0 Å². The third-order valence-corrected chi connectivity index (χ3v) is 3.49. The number of aryl methyl sites for hydroxylation is 2. The fourth-order valence-corrected chi connectivity index (χ4v) is 2.10. The summed E-state index contributed by atoms with van der Waals surface area (Å²) in [6, 6.07) is 4.01. The normalized spacial score (nSPS) is 11.0. The van der Waals surface area contributed by atoms with Gasteiger partial charge < -0.3 is 14.5 Å². The zero-order chi connectivity index (χ0) is 16.1. The van der Waals surface area contributed by atoms with Gasteiger partial charge in [0.05, 0.1) is 19.8 Å². The van der Waals surface area contributed by atoms with E-state index in [1.54, 1.807) is 12.3 Å². The molecule has 0 spiro atoms. The lowest BCUT2D eigenvalue weighted by molar-refractivity contribution is -0.134. The van der Waals surface area contributed by atoms with E-state index in [1.807, 2.05) is 26.0 Å². The second-order valence-corrected chi connectivity index (χ2v) is 5.10. The van der Waals surface area contributed by atoms with Crippen LogP contribution in [0.5, 0.6) is 0 Å². The molecule has 1 amide bonds. The number of esters is 1. The molecule has 0 saturated heterocycles. The first-order valence-corrected chi connectivity index (χ1v) is 6.99. The summed E-state index contributed by atoms with van der Waals surface area (Å²) in [4.78, 5) is 22.8. The van der Waals surface area contributed by atoms with E-state index in [1.165, 1.54) is 13.2 Å². The molecule has 22 heavy (non-hydrogen) atoms. The first kappa shape index (κ1) is 15.8. The van der Waals surface area contributed by atoms with Crippen LogP contribution in [0.3, 0.4) is 0 Å². The SMILES string of the molecule is COC(=O)/C=C/CNC(=O)Cc1coc2cc(C)c(C)cc12. The maximum atomic E-state index is 11.9. The highest BCUT2D eigenvalue weighted by Crippen LogP contribution is 2.25. The molecule has 2 aromatic rings. The van der Waals surface area contributed by atoms with E-state index in [9.17, 15) is 9.59 Å². The van der Waals surface area contributed by atoms with Crippen LogP contribution in [-0.4, -0.2) is 25.5 Å². The van der Waals surface area contributed by atoms with Gasteiger partial charge in [-0.3, -0.25) is 4.79 Å². The number of carbonyl (C=O) groups excluding carboxylic acids is 2. The Morgan fingerprint density at radius 2 is 2.00 bits per heavy atom. The molecule has 0 aliphatic heterocycles. The van der Waals surface area contributed by atoms with Gasteiger partial charge in [-0.15, -0.1) is 0 Å². The molecular formula is C17H19NO4. The summed E-state index contributed by atoms with van der Waals surface area (Å²) in [6.07, 6.45) is 4.68. The molecule has 0 fully saturated rings. The van der Waals surface area contributed by atoms with E-state index in [-0.39, 0.29) is 18.9 Å². The van der Waals surface area contributed by atoms with Crippen LogP contribution >= 0.6 is 0 Å². The van der Waals surface area contributed by atoms with E-state index >= 15 is 0 Å². The monoisotopic (exact) mass is 301 g/mol. The summed E-state index contributed by atoms with van der Waals surface area (Å²) in [5.41, 5.74) is 3.96. The van der Waals surface area contributed by atoms with Crippen LogP contribution in [0.4, 0.5) is 0 Å². The standard InChI is InChI=1S/C17H19NO4/c1-11-7-14-13(10-22-15(14)8-12(11)2)9-16(19)18-6-4-5-17(20)21-3/h4-5,7-8,10H,6,9H2,1-3H3,(H,18,19)/b5-4+. The maximum absolute atomic E-state index is 11.9. The third-order valence-electron chi connectivity index (χ3n) is 3.49. The first-order chi connectivity index (χ1) is 10.5. The number of furan rings is 1.